The zero-order valence-electron chi connectivity index (χ0n) is 9.75. The van der Waals surface area contributed by atoms with E-state index in [1.54, 1.807) is 0 Å². The van der Waals surface area contributed by atoms with Crippen LogP contribution in [0.1, 0.15) is 43.7 Å². The lowest BCUT2D eigenvalue weighted by atomic mass is 10.0. The third-order valence-electron chi connectivity index (χ3n) is 2.60. The predicted molar refractivity (Wildman–Crippen MR) is 70.7 cm³/mol. The van der Waals surface area contributed by atoms with Gasteiger partial charge >= 0.3 is 0 Å². The summed E-state index contributed by atoms with van der Waals surface area (Å²) in [6.45, 7) is 4.36. The number of nitrogen functional groups attached to an aromatic ring is 1. The van der Waals surface area contributed by atoms with Crippen LogP contribution in [0.4, 0.5) is 5.69 Å². The molecule has 0 saturated carbocycles. The maximum Gasteiger partial charge on any atom is 0.0346 e. The van der Waals surface area contributed by atoms with Gasteiger partial charge in [-0.1, -0.05) is 43.9 Å². The molecular weight excluding hydrogens is 206 g/mol. The molecular formula is C13H22ClN. The molecule has 0 aliphatic rings. The van der Waals surface area contributed by atoms with Crippen LogP contribution in [0, 0.1) is 6.92 Å². The van der Waals surface area contributed by atoms with Gasteiger partial charge in [-0.2, -0.15) is 0 Å². The van der Waals surface area contributed by atoms with Gasteiger partial charge < -0.3 is 5.73 Å². The third-order valence-corrected chi connectivity index (χ3v) is 2.60. The Labute approximate surface area is 99.5 Å². The van der Waals surface area contributed by atoms with Crippen LogP contribution in [-0.2, 0) is 6.42 Å². The zero-order valence-corrected chi connectivity index (χ0v) is 10.6. The number of halogens is 1. The van der Waals surface area contributed by atoms with Gasteiger partial charge in [-0.05, 0) is 31.4 Å². The number of nitrogens with two attached hydrogens (primary N) is 1. The summed E-state index contributed by atoms with van der Waals surface area (Å²) >= 11 is 0. The van der Waals surface area contributed by atoms with Crippen molar-refractivity contribution < 1.29 is 0 Å². The fraction of sp³-hybridized carbons (Fsp3) is 0.538. The molecule has 1 nitrogen and oxygen atoms in total. The van der Waals surface area contributed by atoms with Crippen LogP contribution in [-0.4, -0.2) is 0 Å². The van der Waals surface area contributed by atoms with Gasteiger partial charge in [0.25, 0.3) is 0 Å². The first-order valence-corrected chi connectivity index (χ1v) is 5.59. The molecule has 0 aliphatic carbocycles. The second-order valence-electron chi connectivity index (χ2n) is 4.01. The molecule has 0 fully saturated rings. The van der Waals surface area contributed by atoms with Gasteiger partial charge in [0, 0.05) is 5.69 Å². The van der Waals surface area contributed by atoms with E-state index in [-0.39, 0.29) is 12.4 Å². The van der Waals surface area contributed by atoms with Gasteiger partial charge in [-0.15, -0.1) is 12.4 Å². The molecule has 0 heterocycles. The van der Waals surface area contributed by atoms with Crippen LogP contribution in [0.5, 0.6) is 0 Å². The number of hydrogen-bond acceptors (Lipinski definition) is 1. The molecule has 0 atom stereocenters. The Hall–Kier alpha value is -0.690. The van der Waals surface area contributed by atoms with Crippen molar-refractivity contribution in [1.29, 1.82) is 0 Å². The topological polar surface area (TPSA) is 26.0 Å². The Kier molecular flexibility index (Phi) is 7.23. The first-order chi connectivity index (χ1) is 6.74. The highest BCUT2D eigenvalue weighted by molar-refractivity contribution is 5.85. The number of rotatable bonds is 5. The Morgan fingerprint density at radius 3 is 2.53 bits per heavy atom. The first-order valence-electron chi connectivity index (χ1n) is 5.59. The van der Waals surface area contributed by atoms with Crippen LogP contribution < -0.4 is 5.73 Å². The molecule has 0 radical (unpaired) electrons. The number of benzene rings is 1. The number of aryl methyl sites for hydroxylation is 2. The minimum Gasteiger partial charge on any atom is -0.399 e. The van der Waals surface area contributed by atoms with Crippen LogP contribution in [0.3, 0.4) is 0 Å². The number of anilines is 1. The van der Waals surface area contributed by atoms with Crippen molar-refractivity contribution in [3.8, 4) is 0 Å². The van der Waals surface area contributed by atoms with Crippen molar-refractivity contribution >= 4 is 18.1 Å². The van der Waals surface area contributed by atoms with Crippen LogP contribution in [0.25, 0.3) is 0 Å². The summed E-state index contributed by atoms with van der Waals surface area (Å²) < 4.78 is 0. The highest BCUT2D eigenvalue weighted by Gasteiger charge is 1.98. The van der Waals surface area contributed by atoms with Crippen LogP contribution in [0.2, 0.25) is 0 Å². The fourth-order valence-corrected chi connectivity index (χ4v) is 1.69. The highest BCUT2D eigenvalue weighted by atomic mass is 35.5. The molecule has 0 bridgehead atoms. The van der Waals surface area contributed by atoms with E-state index < -0.39 is 0 Å². The molecule has 0 aromatic heterocycles. The maximum atomic E-state index is 5.90. The van der Waals surface area contributed by atoms with E-state index in [9.17, 15) is 0 Å². The van der Waals surface area contributed by atoms with E-state index in [2.05, 4.69) is 26.0 Å². The number of hydrogen-bond donors (Lipinski definition) is 1. The van der Waals surface area contributed by atoms with E-state index in [4.69, 9.17) is 5.73 Å². The van der Waals surface area contributed by atoms with Gasteiger partial charge in [-0.25, -0.2) is 0 Å². The van der Waals surface area contributed by atoms with Gasteiger partial charge in [0.1, 0.15) is 0 Å². The number of unbranched alkanes of at least 4 members (excludes halogenated alkanes) is 3. The third kappa shape index (κ3) is 5.08. The van der Waals surface area contributed by atoms with Crippen molar-refractivity contribution in [2.75, 3.05) is 5.73 Å². The second kappa shape index (κ2) is 7.58. The minimum absolute atomic E-state index is 0. The first kappa shape index (κ1) is 14.3. The smallest absolute Gasteiger partial charge is 0.0346 e. The molecule has 86 valence electrons. The van der Waals surface area contributed by atoms with Gasteiger partial charge in [-0.3, -0.25) is 0 Å². The summed E-state index contributed by atoms with van der Waals surface area (Å²) in [6.07, 6.45) is 6.36. The molecule has 1 rings (SSSR count). The lowest BCUT2D eigenvalue weighted by Gasteiger charge is -2.06. The summed E-state index contributed by atoms with van der Waals surface area (Å²) in [5, 5.41) is 0. The normalized spacial score (nSPS) is 9.73. The Morgan fingerprint density at radius 1 is 1.13 bits per heavy atom. The van der Waals surface area contributed by atoms with E-state index in [1.165, 1.54) is 36.8 Å². The molecule has 0 aliphatic heterocycles. The van der Waals surface area contributed by atoms with Gasteiger partial charge in [0.05, 0.1) is 0 Å². The standard InChI is InChI=1S/C13H21N.ClH/c1-3-4-5-6-7-12-10-11(2)8-9-13(12)14;/h8-10H,3-7,14H2,1-2H3;1H. The van der Waals surface area contributed by atoms with Crippen molar-refractivity contribution in [2.24, 2.45) is 0 Å². The molecule has 0 spiro atoms. The second-order valence-corrected chi connectivity index (χ2v) is 4.01. The fourth-order valence-electron chi connectivity index (χ4n) is 1.69. The van der Waals surface area contributed by atoms with E-state index >= 15 is 0 Å². The SMILES string of the molecule is CCCCCCc1cc(C)ccc1N.Cl. The van der Waals surface area contributed by atoms with Crippen LogP contribution >= 0.6 is 12.4 Å². The van der Waals surface area contributed by atoms with Crippen molar-refractivity contribution in [2.45, 2.75) is 46.0 Å². The largest absolute Gasteiger partial charge is 0.399 e. The van der Waals surface area contributed by atoms with E-state index in [0.717, 1.165) is 12.1 Å². The highest BCUT2D eigenvalue weighted by Crippen LogP contribution is 2.16. The van der Waals surface area contributed by atoms with E-state index in [0.29, 0.717) is 0 Å². The van der Waals surface area contributed by atoms with E-state index in [1.807, 2.05) is 6.07 Å². The summed E-state index contributed by atoms with van der Waals surface area (Å²) in [5.74, 6) is 0. The Balaban J connectivity index is 0.00000196. The Morgan fingerprint density at radius 2 is 1.87 bits per heavy atom. The van der Waals surface area contributed by atoms with Crippen LogP contribution in [0.15, 0.2) is 18.2 Å². The quantitative estimate of drug-likeness (QED) is 0.594. The molecule has 0 unspecified atom stereocenters. The average Bonchev–Trinajstić information content (AvgIpc) is 2.18. The summed E-state index contributed by atoms with van der Waals surface area (Å²) in [4.78, 5) is 0. The predicted octanol–water partition coefficient (Wildman–Crippen LogP) is 4.12. The zero-order chi connectivity index (χ0) is 10.4. The minimum atomic E-state index is 0. The molecule has 0 saturated heterocycles. The van der Waals surface area contributed by atoms with Gasteiger partial charge in [0.15, 0.2) is 0 Å². The molecule has 15 heavy (non-hydrogen) atoms. The average molecular weight is 228 g/mol. The maximum absolute atomic E-state index is 5.90. The van der Waals surface area contributed by atoms with Crippen molar-refractivity contribution in [3.63, 3.8) is 0 Å². The van der Waals surface area contributed by atoms with Gasteiger partial charge in [0.2, 0.25) is 0 Å². The van der Waals surface area contributed by atoms with Crippen molar-refractivity contribution in [3.05, 3.63) is 29.3 Å². The molecule has 2 heteroatoms. The molecule has 1 aromatic rings. The lowest BCUT2D eigenvalue weighted by molar-refractivity contribution is 0.667. The summed E-state index contributed by atoms with van der Waals surface area (Å²) in [6, 6.07) is 6.30. The van der Waals surface area contributed by atoms with Crippen molar-refractivity contribution in [1.82, 2.24) is 0 Å². The molecule has 2 N–H and O–H groups in total. The summed E-state index contributed by atoms with van der Waals surface area (Å²) in [5.41, 5.74) is 9.49. The molecule has 1 aromatic carbocycles. The lowest BCUT2D eigenvalue weighted by Crippen LogP contribution is -1.95. The molecule has 0 amide bonds. The summed E-state index contributed by atoms with van der Waals surface area (Å²) in [7, 11) is 0. The Bertz CT molecular complexity index is 284. The monoisotopic (exact) mass is 227 g/mol.